The average Bonchev–Trinajstić information content (AvgIpc) is 2.78. The minimum Gasteiger partial charge on any atom is -0.338 e. The van der Waals surface area contributed by atoms with Crippen molar-refractivity contribution in [2.45, 2.75) is 33.7 Å². The number of hydrogen-bond donors (Lipinski definition) is 2. The van der Waals surface area contributed by atoms with Gasteiger partial charge in [-0.05, 0) is 56.2 Å². The van der Waals surface area contributed by atoms with Gasteiger partial charge in [-0.25, -0.2) is 4.79 Å². The number of nitrogens with one attached hydrogen (secondary N) is 2. The van der Waals surface area contributed by atoms with Gasteiger partial charge >= 0.3 is 6.03 Å². The Hall–Kier alpha value is -1.94. The molecular formula is C17H22ClN3O. The Balaban J connectivity index is 2.13. The predicted octanol–water partition coefficient (Wildman–Crippen LogP) is 3.96. The zero-order valence-corrected chi connectivity index (χ0v) is 14.0. The minimum absolute atomic E-state index is 0.127. The summed E-state index contributed by atoms with van der Waals surface area (Å²) >= 11 is 5.95. The van der Waals surface area contributed by atoms with Gasteiger partial charge in [0.1, 0.15) is 0 Å². The molecule has 118 valence electrons. The average molecular weight is 320 g/mol. The van der Waals surface area contributed by atoms with Gasteiger partial charge in [0.15, 0.2) is 0 Å². The molecule has 2 amide bonds. The van der Waals surface area contributed by atoms with E-state index in [2.05, 4.69) is 35.1 Å². The molecule has 4 nitrogen and oxygen atoms in total. The lowest BCUT2D eigenvalue weighted by Gasteiger charge is -2.11. The van der Waals surface area contributed by atoms with Crippen molar-refractivity contribution in [1.82, 2.24) is 15.2 Å². The summed E-state index contributed by atoms with van der Waals surface area (Å²) in [5, 5.41) is 6.42. The lowest BCUT2D eigenvalue weighted by molar-refractivity contribution is 0.240. The molecule has 1 aromatic carbocycles. The number of amides is 2. The molecule has 0 saturated carbocycles. The Morgan fingerprint density at radius 3 is 2.50 bits per heavy atom. The maximum Gasteiger partial charge on any atom is 0.315 e. The third-order valence-electron chi connectivity index (χ3n) is 3.60. The van der Waals surface area contributed by atoms with E-state index in [0.29, 0.717) is 13.1 Å². The largest absolute Gasteiger partial charge is 0.338 e. The molecule has 0 unspecified atom stereocenters. The van der Waals surface area contributed by atoms with Crippen molar-refractivity contribution in [3.8, 4) is 5.69 Å². The van der Waals surface area contributed by atoms with Crippen molar-refractivity contribution < 1.29 is 4.79 Å². The number of carbonyl (C=O) groups is 1. The number of rotatable bonds is 5. The SMILES string of the molecule is CCCNC(=O)NCc1cc(C)n(-c2ccc(Cl)cc2)c1C. The van der Waals surface area contributed by atoms with Crippen LogP contribution in [0.5, 0.6) is 0 Å². The maximum absolute atomic E-state index is 11.6. The number of carbonyl (C=O) groups excluding carboxylic acids is 1. The van der Waals surface area contributed by atoms with Crippen LogP contribution in [0.4, 0.5) is 4.79 Å². The second-order valence-electron chi connectivity index (χ2n) is 5.32. The van der Waals surface area contributed by atoms with Crippen molar-refractivity contribution in [2.24, 2.45) is 0 Å². The van der Waals surface area contributed by atoms with E-state index in [4.69, 9.17) is 11.6 Å². The highest BCUT2D eigenvalue weighted by atomic mass is 35.5. The van der Waals surface area contributed by atoms with E-state index < -0.39 is 0 Å². The number of urea groups is 1. The van der Waals surface area contributed by atoms with E-state index in [1.165, 1.54) is 0 Å². The molecule has 0 radical (unpaired) electrons. The van der Waals surface area contributed by atoms with Gasteiger partial charge < -0.3 is 15.2 Å². The molecule has 0 aliphatic rings. The first kappa shape index (κ1) is 16.4. The van der Waals surface area contributed by atoms with Crippen LogP contribution in [0.2, 0.25) is 5.02 Å². The number of halogens is 1. The molecule has 2 N–H and O–H groups in total. The summed E-state index contributed by atoms with van der Waals surface area (Å²) in [5.41, 5.74) is 4.43. The molecule has 2 rings (SSSR count). The Kier molecular flexibility index (Phi) is 5.50. The molecule has 0 saturated heterocycles. The number of nitrogens with zero attached hydrogens (tertiary/aromatic N) is 1. The summed E-state index contributed by atoms with van der Waals surface area (Å²) in [6, 6.07) is 9.72. The first-order valence-corrected chi connectivity index (χ1v) is 7.86. The molecular weight excluding hydrogens is 298 g/mol. The molecule has 22 heavy (non-hydrogen) atoms. The fourth-order valence-corrected chi connectivity index (χ4v) is 2.60. The quantitative estimate of drug-likeness (QED) is 0.861. The van der Waals surface area contributed by atoms with E-state index >= 15 is 0 Å². The third-order valence-corrected chi connectivity index (χ3v) is 3.85. The van der Waals surface area contributed by atoms with Crippen molar-refractivity contribution in [2.75, 3.05) is 6.54 Å². The molecule has 0 bridgehead atoms. The van der Waals surface area contributed by atoms with Crippen LogP contribution in [0.1, 0.15) is 30.3 Å². The van der Waals surface area contributed by atoms with E-state index in [1.54, 1.807) is 0 Å². The van der Waals surface area contributed by atoms with Gasteiger partial charge in [0.25, 0.3) is 0 Å². The molecule has 1 aromatic heterocycles. The van der Waals surface area contributed by atoms with Gasteiger partial charge in [-0.1, -0.05) is 18.5 Å². The van der Waals surface area contributed by atoms with Gasteiger partial charge in [0, 0.05) is 35.2 Å². The van der Waals surface area contributed by atoms with Crippen LogP contribution in [-0.2, 0) is 6.54 Å². The van der Waals surface area contributed by atoms with E-state index in [0.717, 1.165) is 34.1 Å². The molecule has 2 aromatic rings. The smallest absolute Gasteiger partial charge is 0.315 e. The van der Waals surface area contributed by atoms with Crippen LogP contribution in [0.15, 0.2) is 30.3 Å². The van der Waals surface area contributed by atoms with Crippen molar-refractivity contribution >= 4 is 17.6 Å². The zero-order chi connectivity index (χ0) is 16.1. The monoisotopic (exact) mass is 319 g/mol. The van der Waals surface area contributed by atoms with E-state index in [9.17, 15) is 4.79 Å². The number of hydrogen-bond acceptors (Lipinski definition) is 1. The molecule has 1 heterocycles. The Morgan fingerprint density at radius 2 is 1.86 bits per heavy atom. The lowest BCUT2D eigenvalue weighted by Crippen LogP contribution is -2.35. The molecule has 5 heteroatoms. The highest BCUT2D eigenvalue weighted by Crippen LogP contribution is 2.22. The Labute approximate surface area is 136 Å². The zero-order valence-electron chi connectivity index (χ0n) is 13.2. The van der Waals surface area contributed by atoms with Crippen molar-refractivity contribution in [3.05, 3.63) is 52.3 Å². The van der Waals surface area contributed by atoms with Gasteiger partial charge in [-0.15, -0.1) is 0 Å². The summed E-state index contributed by atoms with van der Waals surface area (Å²) < 4.78 is 2.16. The topological polar surface area (TPSA) is 46.1 Å². The first-order valence-electron chi connectivity index (χ1n) is 7.48. The van der Waals surface area contributed by atoms with Gasteiger partial charge in [0.05, 0.1) is 0 Å². The third kappa shape index (κ3) is 3.83. The molecule has 0 fully saturated rings. The van der Waals surface area contributed by atoms with Gasteiger partial charge in [-0.3, -0.25) is 0 Å². The van der Waals surface area contributed by atoms with Gasteiger partial charge in [-0.2, -0.15) is 0 Å². The maximum atomic E-state index is 11.6. The predicted molar refractivity (Wildman–Crippen MR) is 90.8 cm³/mol. The summed E-state index contributed by atoms with van der Waals surface area (Å²) in [5.74, 6) is 0. The lowest BCUT2D eigenvalue weighted by atomic mass is 10.2. The number of aryl methyl sites for hydroxylation is 1. The highest BCUT2D eigenvalue weighted by Gasteiger charge is 2.11. The second-order valence-corrected chi connectivity index (χ2v) is 5.75. The summed E-state index contributed by atoms with van der Waals surface area (Å²) in [7, 11) is 0. The van der Waals surface area contributed by atoms with Crippen molar-refractivity contribution in [3.63, 3.8) is 0 Å². The van der Waals surface area contributed by atoms with Gasteiger partial charge in [0.2, 0.25) is 0 Å². The molecule has 0 atom stereocenters. The molecule has 0 spiro atoms. The van der Waals surface area contributed by atoms with Crippen LogP contribution in [-0.4, -0.2) is 17.1 Å². The Bertz CT molecular complexity index is 647. The van der Waals surface area contributed by atoms with E-state index in [1.807, 2.05) is 31.2 Å². The van der Waals surface area contributed by atoms with Crippen molar-refractivity contribution in [1.29, 1.82) is 0 Å². The summed E-state index contributed by atoms with van der Waals surface area (Å²) in [6.45, 7) is 7.35. The summed E-state index contributed by atoms with van der Waals surface area (Å²) in [4.78, 5) is 11.6. The van der Waals surface area contributed by atoms with Crippen LogP contribution < -0.4 is 10.6 Å². The first-order chi connectivity index (χ1) is 10.5. The second kappa shape index (κ2) is 7.36. The van der Waals surface area contributed by atoms with Crippen LogP contribution in [0, 0.1) is 13.8 Å². The fourth-order valence-electron chi connectivity index (χ4n) is 2.47. The minimum atomic E-state index is -0.127. The normalized spacial score (nSPS) is 10.5. The highest BCUT2D eigenvalue weighted by molar-refractivity contribution is 6.30. The van der Waals surface area contributed by atoms with E-state index in [-0.39, 0.29) is 6.03 Å². The molecule has 0 aliphatic heterocycles. The van der Waals surface area contributed by atoms with Crippen LogP contribution >= 0.6 is 11.6 Å². The number of aromatic nitrogens is 1. The van der Waals surface area contributed by atoms with Crippen LogP contribution in [0.3, 0.4) is 0 Å². The fraction of sp³-hybridized carbons (Fsp3) is 0.353. The Morgan fingerprint density at radius 1 is 1.18 bits per heavy atom. The number of benzene rings is 1. The molecule has 0 aliphatic carbocycles. The van der Waals surface area contributed by atoms with Crippen LogP contribution in [0.25, 0.3) is 5.69 Å². The standard InChI is InChI=1S/C17H22ClN3O/c1-4-9-19-17(22)20-11-14-10-12(2)21(13(14)3)16-7-5-15(18)6-8-16/h5-8,10H,4,9,11H2,1-3H3,(H2,19,20,22). The summed E-state index contributed by atoms with van der Waals surface area (Å²) in [6.07, 6.45) is 0.929.